The van der Waals surface area contributed by atoms with Gasteiger partial charge in [-0.15, -0.1) is 0 Å². The summed E-state index contributed by atoms with van der Waals surface area (Å²) in [6.07, 6.45) is -1.23. The molecule has 1 rings (SSSR count). The second-order valence-corrected chi connectivity index (χ2v) is 6.61. The zero-order valence-electron chi connectivity index (χ0n) is 14.9. The van der Waals surface area contributed by atoms with Gasteiger partial charge >= 0.3 is 19.2 Å². The molecule has 0 saturated heterocycles. The van der Waals surface area contributed by atoms with E-state index in [1.807, 2.05) is 0 Å². The van der Waals surface area contributed by atoms with Gasteiger partial charge < -0.3 is 29.9 Å². The highest BCUT2D eigenvalue weighted by Gasteiger charge is 2.25. The Labute approximate surface area is 151 Å². The minimum absolute atomic E-state index is 0.0194. The standard InChI is InChI=1S/C16H23BFNO7/c1-16(2,3)26-15(22)19-13(14(20)21)8-10-4-5-11(9-12(10)18)25-7-6-17(23)24/h4-5,9,13,23-24H,6-8H2,1-3H3,(H,19,22)(H,20,21)/t13-/m0/s1. The Kier molecular flexibility index (Phi) is 7.85. The fourth-order valence-corrected chi connectivity index (χ4v) is 1.94. The largest absolute Gasteiger partial charge is 0.494 e. The lowest BCUT2D eigenvalue weighted by Gasteiger charge is -2.22. The number of hydrogen-bond donors (Lipinski definition) is 4. The number of carbonyl (C=O) groups is 2. The van der Waals surface area contributed by atoms with Gasteiger partial charge in [0, 0.05) is 18.8 Å². The quantitative estimate of drug-likeness (QED) is 0.506. The van der Waals surface area contributed by atoms with E-state index in [0.717, 1.165) is 6.07 Å². The first-order chi connectivity index (χ1) is 12.0. The predicted molar refractivity (Wildman–Crippen MR) is 91.4 cm³/mol. The number of benzene rings is 1. The maximum absolute atomic E-state index is 14.2. The van der Waals surface area contributed by atoms with Gasteiger partial charge in [-0.1, -0.05) is 6.07 Å². The molecule has 144 valence electrons. The molecule has 0 aliphatic heterocycles. The third-order valence-electron chi connectivity index (χ3n) is 3.08. The molecule has 0 bridgehead atoms. The molecule has 1 amide bonds. The molecular formula is C16H23BFNO7. The molecule has 26 heavy (non-hydrogen) atoms. The van der Waals surface area contributed by atoms with Crippen molar-refractivity contribution in [2.24, 2.45) is 0 Å². The van der Waals surface area contributed by atoms with Crippen LogP contribution in [-0.4, -0.2) is 52.6 Å². The van der Waals surface area contributed by atoms with Gasteiger partial charge in [-0.3, -0.25) is 0 Å². The van der Waals surface area contributed by atoms with Crippen LogP contribution >= 0.6 is 0 Å². The summed E-state index contributed by atoms with van der Waals surface area (Å²) in [5.74, 6) is -1.87. The summed E-state index contributed by atoms with van der Waals surface area (Å²) in [7, 11) is -1.52. The molecule has 1 atom stereocenters. The molecular weight excluding hydrogens is 348 g/mol. The summed E-state index contributed by atoms with van der Waals surface area (Å²) in [6, 6.07) is 2.46. The Morgan fingerprint density at radius 3 is 2.46 bits per heavy atom. The van der Waals surface area contributed by atoms with Crippen LogP contribution in [0.4, 0.5) is 9.18 Å². The van der Waals surface area contributed by atoms with Crippen molar-refractivity contribution in [1.29, 1.82) is 0 Å². The molecule has 0 spiro atoms. The van der Waals surface area contributed by atoms with Crippen molar-refractivity contribution in [2.75, 3.05) is 6.61 Å². The van der Waals surface area contributed by atoms with Gasteiger partial charge in [0.15, 0.2) is 0 Å². The predicted octanol–water partition coefficient (Wildman–Crippen LogP) is 1.20. The van der Waals surface area contributed by atoms with Gasteiger partial charge in [-0.2, -0.15) is 0 Å². The van der Waals surface area contributed by atoms with Crippen LogP contribution in [0.15, 0.2) is 18.2 Å². The number of carbonyl (C=O) groups excluding carboxylic acids is 1. The molecule has 8 nitrogen and oxygen atoms in total. The van der Waals surface area contributed by atoms with Crippen molar-refractivity contribution >= 4 is 19.2 Å². The fraction of sp³-hybridized carbons (Fsp3) is 0.500. The number of amides is 1. The van der Waals surface area contributed by atoms with Crippen LogP contribution in [0.25, 0.3) is 0 Å². The topological polar surface area (TPSA) is 125 Å². The number of aliphatic carboxylic acids is 1. The summed E-state index contributed by atoms with van der Waals surface area (Å²) < 4.78 is 24.3. The first-order valence-electron chi connectivity index (χ1n) is 7.97. The Balaban J connectivity index is 2.73. The van der Waals surface area contributed by atoms with E-state index < -0.39 is 36.6 Å². The van der Waals surface area contributed by atoms with E-state index in [9.17, 15) is 19.1 Å². The lowest BCUT2D eigenvalue weighted by molar-refractivity contribution is -0.139. The lowest BCUT2D eigenvalue weighted by atomic mass is 9.87. The van der Waals surface area contributed by atoms with Crippen LogP contribution in [0, 0.1) is 5.82 Å². The summed E-state index contributed by atoms with van der Waals surface area (Å²) in [4.78, 5) is 23.0. The van der Waals surface area contributed by atoms with Crippen LogP contribution in [0.1, 0.15) is 26.3 Å². The Morgan fingerprint density at radius 2 is 1.96 bits per heavy atom. The molecule has 0 heterocycles. The molecule has 1 aromatic carbocycles. The maximum atomic E-state index is 14.2. The molecule has 1 aromatic rings. The summed E-state index contributed by atoms with van der Waals surface area (Å²) in [5, 5.41) is 28.9. The van der Waals surface area contributed by atoms with Crippen molar-refractivity contribution in [3.63, 3.8) is 0 Å². The van der Waals surface area contributed by atoms with Crippen LogP contribution in [0.3, 0.4) is 0 Å². The van der Waals surface area contributed by atoms with E-state index >= 15 is 0 Å². The molecule has 0 saturated carbocycles. The number of rotatable bonds is 8. The zero-order chi connectivity index (χ0) is 19.9. The van der Waals surface area contributed by atoms with E-state index in [4.69, 9.17) is 19.5 Å². The SMILES string of the molecule is CC(C)(C)OC(=O)N[C@@H](Cc1ccc(OCCB(O)O)cc1F)C(=O)O. The second kappa shape index (κ2) is 9.39. The van der Waals surface area contributed by atoms with E-state index in [-0.39, 0.29) is 30.7 Å². The number of carboxylic acids is 1. The van der Waals surface area contributed by atoms with Crippen molar-refractivity contribution in [2.45, 2.75) is 45.2 Å². The number of halogens is 1. The van der Waals surface area contributed by atoms with Crippen LogP contribution < -0.4 is 10.1 Å². The van der Waals surface area contributed by atoms with Gasteiger partial charge in [-0.05, 0) is 32.4 Å². The number of alkyl carbamates (subject to hydrolysis) is 1. The molecule has 0 unspecified atom stereocenters. The summed E-state index contributed by atoms with van der Waals surface area (Å²) in [5.41, 5.74) is -0.720. The van der Waals surface area contributed by atoms with E-state index in [0.29, 0.717) is 0 Å². The van der Waals surface area contributed by atoms with Crippen molar-refractivity contribution in [3.05, 3.63) is 29.6 Å². The van der Waals surface area contributed by atoms with E-state index in [1.165, 1.54) is 12.1 Å². The third-order valence-corrected chi connectivity index (χ3v) is 3.08. The highest BCUT2D eigenvalue weighted by molar-refractivity contribution is 6.41. The molecule has 0 radical (unpaired) electrons. The van der Waals surface area contributed by atoms with Gasteiger partial charge in [-0.25, -0.2) is 14.0 Å². The first-order valence-corrected chi connectivity index (χ1v) is 7.97. The summed E-state index contributed by atoms with van der Waals surface area (Å²) >= 11 is 0. The Hall–Kier alpha value is -2.33. The van der Waals surface area contributed by atoms with Crippen molar-refractivity contribution in [1.82, 2.24) is 5.32 Å². The normalized spacial score (nSPS) is 12.2. The average Bonchev–Trinajstić information content (AvgIpc) is 2.46. The first kappa shape index (κ1) is 21.7. The zero-order valence-corrected chi connectivity index (χ0v) is 14.9. The minimum atomic E-state index is -1.52. The maximum Gasteiger partial charge on any atom is 0.454 e. The van der Waals surface area contributed by atoms with Gasteiger partial charge in [0.05, 0.1) is 6.61 Å². The monoisotopic (exact) mass is 371 g/mol. The Morgan fingerprint density at radius 1 is 1.31 bits per heavy atom. The molecule has 10 heteroatoms. The van der Waals surface area contributed by atoms with Crippen molar-refractivity contribution < 1.29 is 38.6 Å². The van der Waals surface area contributed by atoms with E-state index in [1.54, 1.807) is 20.8 Å². The molecule has 0 aliphatic carbocycles. The molecule has 0 aliphatic rings. The average molecular weight is 371 g/mol. The summed E-state index contributed by atoms with van der Waals surface area (Å²) in [6.45, 7) is 4.89. The minimum Gasteiger partial charge on any atom is -0.494 e. The number of ether oxygens (including phenoxy) is 2. The molecule has 4 N–H and O–H groups in total. The number of hydrogen-bond acceptors (Lipinski definition) is 6. The third kappa shape index (κ3) is 8.17. The van der Waals surface area contributed by atoms with Crippen LogP contribution in [0.2, 0.25) is 6.32 Å². The van der Waals surface area contributed by atoms with Gasteiger partial charge in [0.25, 0.3) is 0 Å². The number of carboxylic acid groups (broad SMARTS) is 1. The lowest BCUT2D eigenvalue weighted by Crippen LogP contribution is -2.44. The molecule has 0 fully saturated rings. The fourth-order valence-electron chi connectivity index (χ4n) is 1.94. The second-order valence-electron chi connectivity index (χ2n) is 6.61. The van der Waals surface area contributed by atoms with Crippen LogP contribution in [0.5, 0.6) is 5.75 Å². The van der Waals surface area contributed by atoms with E-state index in [2.05, 4.69) is 5.32 Å². The van der Waals surface area contributed by atoms with Gasteiger partial charge in [0.1, 0.15) is 23.2 Å². The van der Waals surface area contributed by atoms with Crippen LogP contribution in [-0.2, 0) is 16.0 Å². The van der Waals surface area contributed by atoms with Gasteiger partial charge in [0.2, 0.25) is 0 Å². The smallest absolute Gasteiger partial charge is 0.454 e. The highest BCUT2D eigenvalue weighted by atomic mass is 19.1. The Bertz CT molecular complexity index is 634. The highest BCUT2D eigenvalue weighted by Crippen LogP contribution is 2.19. The number of nitrogens with one attached hydrogen (secondary N) is 1. The van der Waals surface area contributed by atoms with Crippen molar-refractivity contribution in [3.8, 4) is 5.75 Å². The molecule has 0 aromatic heterocycles.